The summed E-state index contributed by atoms with van der Waals surface area (Å²) in [5.74, 6) is -0.964. The van der Waals surface area contributed by atoms with E-state index >= 15 is 0 Å². The molecule has 0 fully saturated rings. The first-order valence-electron chi connectivity index (χ1n) is 8.41. The van der Waals surface area contributed by atoms with E-state index in [2.05, 4.69) is 10.6 Å². The Balaban J connectivity index is 1.56. The molecular weight excluding hydrogens is 364 g/mol. The highest BCUT2D eigenvalue weighted by atomic mass is 32.1. The van der Waals surface area contributed by atoms with Crippen LogP contribution in [0.15, 0.2) is 53.1 Å². The Morgan fingerprint density at radius 2 is 1.93 bits per heavy atom. The van der Waals surface area contributed by atoms with Crippen molar-refractivity contribution in [1.82, 2.24) is 5.32 Å². The van der Waals surface area contributed by atoms with Gasteiger partial charge in [0, 0.05) is 15.4 Å². The quantitative estimate of drug-likeness (QED) is 0.589. The third-order valence-electron chi connectivity index (χ3n) is 4.25. The molecule has 0 bridgehead atoms. The van der Waals surface area contributed by atoms with Crippen LogP contribution in [0.2, 0.25) is 0 Å². The van der Waals surface area contributed by atoms with Gasteiger partial charge in [-0.3, -0.25) is 9.59 Å². The largest absolute Gasteiger partial charge is 0.466 e. The summed E-state index contributed by atoms with van der Waals surface area (Å²) in [6.07, 6.45) is 0.657. The standard InChI is InChI=1S/C20H20N2O4S/c1-12-5-3-6-15(13(12)2)22-20(25)19(24)21-11-14-8-9-17(27-14)18(23)16-7-4-10-26-16/h3-10,18,23H,11H2,1-2H3,(H,21,24)(H,22,25). The van der Waals surface area contributed by atoms with E-state index in [0.29, 0.717) is 16.3 Å². The molecule has 0 aliphatic carbocycles. The Bertz CT molecular complexity index is 947. The van der Waals surface area contributed by atoms with Gasteiger partial charge in [0.25, 0.3) is 0 Å². The second-order valence-electron chi connectivity index (χ2n) is 6.11. The number of aliphatic hydroxyl groups excluding tert-OH is 1. The molecule has 1 unspecified atom stereocenters. The first-order valence-corrected chi connectivity index (χ1v) is 9.23. The molecule has 3 N–H and O–H groups in total. The molecule has 0 radical (unpaired) electrons. The second-order valence-corrected chi connectivity index (χ2v) is 7.31. The fourth-order valence-electron chi connectivity index (χ4n) is 2.54. The van der Waals surface area contributed by atoms with Crippen LogP contribution < -0.4 is 10.6 Å². The van der Waals surface area contributed by atoms with Crippen LogP contribution in [0.3, 0.4) is 0 Å². The van der Waals surface area contributed by atoms with Gasteiger partial charge in [0.15, 0.2) is 0 Å². The van der Waals surface area contributed by atoms with E-state index in [4.69, 9.17) is 4.42 Å². The minimum absolute atomic E-state index is 0.203. The number of rotatable bonds is 5. The number of benzene rings is 1. The Kier molecular flexibility index (Phi) is 5.73. The van der Waals surface area contributed by atoms with Crippen molar-refractivity contribution in [2.24, 2.45) is 0 Å². The maximum atomic E-state index is 12.1. The third kappa shape index (κ3) is 4.45. The predicted molar refractivity (Wildman–Crippen MR) is 103 cm³/mol. The van der Waals surface area contributed by atoms with Crippen molar-refractivity contribution < 1.29 is 19.1 Å². The molecule has 7 heteroatoms. The van der Waals surface area contributed by atoms with E-state index < -0.39 is 17.9 Å². The lowest BCUT2D eigenvalue weighted by Gasteiger charge is -2.10. The molecule has 2 amide bonds. The van der Waals surface area contributed by atoms with Gasteiger partial charge in [-0.25, -0.2) is 0 Å². The Hall–Kier alpha value is -2.90. The molecule has 0 aliphatic rings. The van der Waals surface area contributed by atoms with Gasteiger partial charge in [0.2, 0.25) is 0 Å². The lowest BCUT2D eigenvalue weighted by molar-refractivity contribution is -0.136. The molecule has 0 saturated carbocycles. The van der Waals surface area contributed by atoms with Crippen LogP contribution in [0, 0.1) is 13.8 Å². The Morgan fingerprint density at radius 3 is 2.67 bits per heavy atom. The van der Waals surface area contributed by atoms with Crippen LogP contribution >= 0.6 is 11.3 Å². The van der Waals surface area contributed by atoms with Gasteiger partial charge in [0.05, 0.1) is 12.8 Å². The normalized spacial score (nSPS) is 11.8. The highest BCUT2D eigenvalue weighted by Gasteiger charge is 2.17. The first kappa shape index (κ1) is 18.9. The molecule has 27 heavy (non-hydrogen) atoms. The van der Waals surface area contributed by atoms with Crippen LogP contribution in [0.5, 0.6) is 0 Å². The van der Waals surface area contributed by atoms with Gasteiger partial charge in [-0.1, -0.05) is 12.1 Å². The number of carbonyl (C=O) groups excluding carboxylic acids is 2. The van der Waals surface area contributed by atoms with E-state index in [1.54, 1.807) is 30.3 Å². The summed E-state index contributed by atoms with van der Waals surface area (Å²) in [6.45, 7) is 4.03. The van der Waals surface area contributed by atoms with Crippen molar-refractivity contribution >= 4 is 28.8 Å². The summed E-state index contributed by atoms with van der Waals surface area (Å²) in [5, 5.41) is 15.5. The molecule has 1 atom stereocenters. The van der Waals surface area contributed by atoms with E-state index in [-0.39, 0.29) is 6.54 Å². The molecule has 3 aromatic rings. The maximum Gasteiger partial charge on any atom is 0.313 e. The fraction of sp³-hybridized carbons (Fsp3) is 0.200. The number of aliphatic hydroxyl groups is 1. The molecule has 2 aromatic heterocycles. The molecule has 2 heterocycles. The Labute approximate surface area is 160 Å². The van der Waals surface area contributed by atoms with Crippen LogP contribution in [-0.4, -0.2) is 16.9 Å². The Morgan fingerprint density at radius 1 is 1.11 bits per heavy atom. The minimum atomic E-state index is -0.845. The number of anilines is 1. The van der Waals surface area contributed by atoms with Crippen molar-refractivity contribution in [2.75, 3.05) is 5.32 Å². The number of carbonyl (C=O) groups is 2. The van der Waals surface area contributed by atoms with Crippen LogP contribution in [0.1, 0.15) is 32.7 Å². The van der Waals surface area contributed by atoms with Gasteiger partial charge in [-0.2, -0.15) is 0 Å². The second kappa shape index (κ2) is 8.20. The lowest BCUT2D eigenvalue weighted by atomic mass is 10.1. The zero-order valence-corrected chi connectivity index (χ0v) is 15.8. The van der Waals surface area contributed by atoms with E-state index in [0.717, 1.165) is 16.0 Å². The summed E-state index contributed by atoms with van der Waals surface area (Å²) in [4.78, 5) is 25.7. The summed E-state index contributed by atoms with van der Waals surface area (Å²) >= 11 is 1.34. The first-order chi connectivity index (χ1) is 13.0. The zero-order chi connectivity index (χ0) is 19.4. The van der Waals surface area contributed by atoms with Crippen molar-refractivity contribution in [3.63, 3.8) is 0 Å². The predicted octanol–water partition coefficient (Wildman–Crippen LogP) is 3.29. The van der Waals surface area contributed by atoms with Crippen LogP contribution in [0.25, 0.3) is 0 Å². The van der Waals surface area contributed by atoms with Gasteiger partial charge in [0.1, 0.15) is 11.9 Å². The van der Waals surface area contributed by atoms with Gasteiger partial charge in [-0.05, 0) is 55.3 Å². The van der Waals surface area contributed by atoms with Gasteiger partial charge >= 0.3 is 11.8 Å². The molecule has 140 valence electrons. The topological polar surface area (TPSA) is 91.6 Å². The monoisotopic (exact) mass is 384 g/mol. The van der Waals surface area contributed by atoms with Crippen molar-refractivity contribution in [3.05, 3.63) is 75.4 Å². The third-order valence-corrected chi connectivity index (χ3v) is 5.38. The number of amides is 2. The maximum absolute atomic E-state index is 12.1. The van der Waals surface area contributed by atoms with E-state index in [1.165, 1.54) is 17.6 Å². The number of furan rings is 1. The van der Waals surface area contributed by atoms with Crippen molar-refractivity contribution in [1.29, 1.82) is 0 Å². The van der Waals surface area contributed by atoms with Crippen molar-refractivity contribution in [3.8, 4) is 0 Å². The van der Waals surface area contributed by atoms with Gasteiger partial charge < -0.3 is 20.2 Å². The molecule has 1 aromatic carbocycles. The molecule has 0 aliphatic heterocycles. The lowest BCUT2D eigenvalue weighted by Crippen LogP contribution is -2.35. The number of aryl methyl sites for hydroxylation is 1. The average molecular weight is 384 g/mol. The average Bonchev–Trinajstić information content (AvgIpc) is 3.34. The fourth-order valence-corrected chi connectivity index (χ4v) is 3.48. The summed E-state index contributed by atoms with van der Waals surface area (Å²) in [5.41, 5.74) is 2.58. The molecule has 0 saturated heterocycles. The van der Waals surface area contributed by atoms with Gasteiger partial charge in [-0.15, -0.1) is 11.3 Å². The summed E-state index contributed by atoms with van der Waals surface area (Å²) in [7, 11) is 0. The molecular formula is C20H20N2O4S. The zero-order valence-electron chi connectivity index (χ0n) is 15.0. The smallest absolute Gasteiger partial charge is 0.313 e. The highest BCUT2D eigenvalue weighted by molar-refractivity contribution is 7.12. The van der Waals surface area contributed by atoms with E-state index in [1.807, 2.05) is 26.0 Å². The number of hydrogen-bond acceptors (Lipinski definition) is 5. The summed E-state index contributed by atoms with van der Waals surface area (Å²) in [6, 6.07) is 12.5. The molecule has 0 spiro atoms. The number of nitrogens with one attached hydrogen (secondary N) is 2. The molecule has 3 rings (SSSR count). The highest BCUT2D eigenvalue weighted by Crippen LogP contribution is 2.28. The summed E-state index contributed by atoms with van der Waals surface area (Å²) < 4.78 is 5.20. The van der Waals surface area contributed by atoms with Crippen LogP contribution in [0.4, 0.5) is 5.69 Å². The van der Waals surface area contributed by atoms with Crippen molar-refractivity contribution in [2.45, 2.75) is 26.5 Å². The SMILES string of the molecule is Cc1cccc(NC(=O)C(=O)NCc2ccc(C(O)c3ccco3)s2)c1C. The van der Waals surface area contributed by atoms with Crippen LogP contribution in [-0.2, 0) is 16.1 Å². The number of thiophene rings is 1. The number of hydrogen-bond donors (Lipinski definition) is 3. The van der Waals surface area contributed by atoms with E-state index in [9.17, 15) is 14.7 Å². The minimum Gasteiger partial charge on any atom is -0.466 e. The molecule has 6 nitrogen and oxygen atoms in total.